The molecule has 0 bridgehead atoms. The molecule has 0 fully saturated rings. The number of sulfonamides is 1. The van der Waals surface area contributed by atoms with Crippen LogP contribution in [0.3, 0.4) is 0 Å². The fourth-order valence-electron chi connectivity index (χ4n) is 1.83. The molecule has 0 aliphatic rings. The highest BCUT2D eigenvalue weighted by atomic mass is 35.5. The Hall–Kier alpha value is -1.70. The molecule has 0 amide bonds. The van der Waals surface area contributed by atoms with Crippen molar-refractivity contribution in [2.24, 2.45) is 0 Å². The van der Waals surface area contributed by atoms with Crippen LogP contribution >= 0.6 is 11.6 Å². The Kier molecular flexibility index (Phi) is 5.56. The van der Waals surface area contributed by atoms with E-state index in [2.05, 4.69) is 9.71 Å². The molecule has 23 heavy (non-hydrogen) atoms. The molecule has 1 unspecified atom stereocenters. The summed E-state index contributed by atoms with van der Waals surface area (Å²) >= 11 is 5.83. The molecule has 0 saturated carbocycles. The molecule has 0 spiro atoms. The zero-order valence-corrected chi connectivity index (χ0v) is 14.2. The summed E-state index contributed by atoms with van der Waals surface area (Å²) in [6, 6.07) is 5.62. The minimum absolute atomic E-state index is 0.0317. The summed E-state index contributed by atoms with van der Waals surface area (Å²) in [5, 5.41) is -0.165. The number of hydrogen-bond acceptors (Lipinski definition) is 4. The number of aryl methyl sites for hydroxylation is 1. The number of ether oxygens (including phenoxy) is 1. The van der Waals surface area contributed by atoms with Crippen molar-refractivity contribution in [3.05, 3.63) is 53.1 Å². The average molecular weight is 359 g/mol. The van der Waals surface area contributed by atoms with E-state index >= 15 is 0 Å². The highest BCUT2D eigenvalue weighted by Crippen LogP contribution is 2.24. The van der Waals surface area contributed by atoms with Crippen molar-refractivity contribution in [3.63, 3.8) is 0 Å². The van der Waals surface area contributed by atoms with Crippen molar-refractivity contribution < 1.29 is 17.5 Å². The number of nitrogens with one attached hydrogen (secondary N) is 1. The fraction of sp³-hybridized carbons (Fsp3) is 0.267. The second-order valence-corrected chi connectivity index (χ2v) is 7.14. The van der Waals surface area contributed by atoms with Crippen LogP contribution in [0, 0.1) is 12.7 Å². The number of pyridine rings is 1. The lowest BCUT2D eigenvalue weighted by Gasteiger charge is -2.16. The summed E-state index contributed by atoms with van der Waals surface area (Å²) in [4.78, 5) is 3.75. The summed E-state index contributed by atoms with van der Waals surface area (Å²) in [5.41, 5.74) is 0.203. The maximum absolute atomic E-state index is 13.4. The van der Waals surface area contributed by atoms with Crippen molar-refractivity contribution in [1.82, 2.24) is 9.71 Å². The van der Waals surface area contributed by atoms with E-state index in [-0.39, 0.29) is 22.0 Å². The van der Waals surface area contributed by atoms with Crippen molar-refractivity contribution in [3.8, 4) is 5.75 Å². The summed E-state index contributed by atoms with van der Waals surface area (Å²) < 4.78 is 45.9. The Morgan fingerprint density at radius 2 is 2.17 bits per heavy atom. The van der Waals surface area contributed by atoms with Gasteiger partial charge in [-0.05, 0) is 43.7 Å². The van der Waals surface area contributed by atoms with Crippen molar-refractivity contribution in [2.75, 3.05) is 6.54 Å². The number of benzene rings is 1. The second kappa shape index (κ2) is 7.25. The van der Waals surface area contributed by atoms with Gasteiger partial charge in [0.1, 0.15) is 22.6 Å². The van der Waals surface area contributed by atoms with Gasteiger partial charge < -0.3 is 4.74 Å². The Bertz CT molecular complexity index is 785. The molecule has 0 radical (unpaired) electrons. The standard InChI is InChI=1S/C15H16ClFN2O3S/c1-10-6-15(13(16)7-14(10)17)23(20,21)19-8-11(2)22-12-4-3-5-18-9-12/h3-7,9,11,19H,8H2,1-2H3. The third-order valence-electron chi connectivity index (χ3n) is 3.04. The van der Waals surface area contributed by atoms with E-state index in [1.807, 2.05) is 0 Å². The van der Waals surface area contributed by atoms with Crippen LogP contribution < -0.4 is 9.46 Å². The zero-order valence-electron chi connectivity index (χ0n) is 12.6. The molecule has 1 atom stereocenters. The predicted molar refractivity (Wildman–Crippen MR) is 85.7 cm³/mol. The third kappa shape index (κ3) is 4.63. The molecule has 0 aliphatic carbocycles. The summed E-state index contributed by atoms with van der Waals surface area (Å²) in [6.07, 6.45) is 2.72. The Labute approximate surface area is 139 Å². The Morgan fingerprint density at radius 1 is 1.43 bits per heavy atom. The molecule has 124 valence electrons. The van der Waals surface area contributed by atoms with Crippen molar-refractivity contribution in [2.45, 2.75) is 24.8 Å². The topological polar surface area (TPSA) is 68.3 Å². The van der Waals surface area contributed by atoms with Gasteiger partial charge in [0.05, 0.1) is 11.2 Å². The van der Waals surface area contributed by atoms with Gasteiger partial charge in [-0.3, -0.25) is 4.98 Å². The van der Waals surface area contributed by atoms with Gasteiger partial charge in [-0.2, -0.15) is 0 Å². The maximum Gasteiger partial charge on any atom is 0.242 e. The summed E-state index contributed by atoms with van der Waals surface area (Å²) in [6.45, 7) is 3.22. The first-order chi connectivity index (χ1) is 10.8. The lowest BCUT2D eigenvalue weighted by molar-refractivity contribution is 0.224. The van der Waals surface area contributed by atoms with Gasteiger partial charge in [-0.15, -0.1) is 0 Å². The molecule has 0 aliphatic heterocycles. The second-order valence-electron chi connectivity index (χ2n) is 5.00. The number of hydrogen-bond donors (Lipinski definition) is 1. The van der Waals surface area contributed by atoms with Crippen LogP contribution in [-0.2, 0) is 10.0 Å². The highest BCUT2D eigenvalue weighted by molar-refractivity contribution is 7.89. The lowest BCUT2D eigenvalue weighted by Crippen LogP contribution is -2.33. The zero-order chi connectivity index (χ0) is 17.0. The van der Waals surface area contributed by atoms with E-state index in [1.165, 1.54) is 19.2 Å². The summed E-state index contributed by atoms with van der Waals surface area (Å²) in [5.74, 6) is -0.0166. The number of rotatable bonds is 6. The van der Waals surface area contributed by atoms with E-state index < -0.39 is 21.9 Å². The quantitative estimate of drug-likeness (QED) is 0.862. The molecular weight excluding hydrogens is 343 g/mol. The molecule has 1 heterocycles. The van der Waals surface area contributed by atoms with Crippen LogP contribution in [0.4, 0.5) is 4.39 Å². The van der Waals surface area contributed by atoms with Crippen LogP contribution in [-0.4, -0.2) is 26.1 Å². The summed E-state index contributed by atoms with van der Waals surface area (Å²) in [7, 11) is -3.86. The Morgan fingerprint density at radius 3 is 2.83 bits per heavy atom. The van der Waals surface area contributed by atoms with E-state index in [1.54, 1.807) is 25.3 Å². The molecule has 0 saturated heterocycles. The Balaban J connectivity index is 2.06. The first-order valence-corrected chi connectivity index (χ1v) is 8.67. The molecule has 1 aromatic carbocycles. The first-order valence-electron chi connectivity index (χ1n) is 6.81. The predicted octanol–water partition coefficient (Wildman–Crippen LogP) is 2.93. The van der Waals surface area contributed by atoms with Gasteiger partial charge in [0, 0.05) is 12.7 Å². The monoisotopic (exact) mass is 358 g/mol. The van der Waals surface area contributed by atoms with Crippen LogP contribution in [0.5, 0.6) is 5.75 Å². The molecule has 2 rings (SSSR count). The third-order valence-corrected chi connectivity index (χ3v) is 4.92. The lowest BCUT2D eigenvalue weighted by atomic mass is 10.2. The molecule has 5 nitrogen and oxygen atoms in total. The SMILES string of the molecule is Cc1cc(S(=O)(=O)NCC(C)Oc2cccnc2)c(Cl)cc1F. The van der Waals surface area contributed by atoms with Crippen LogP contribution in [0.25, 0.3) is 0 Å². The fourth-order valence-corrected chi connectivity index (χ4v) is 3.54. The highest BCUT2D eigenvalue weighted by Gasteiger charge is 2.20. The molecule has 1 N–H and O–H groups in total. The van der Waals surface area contributed by atoms with Crippen LogP contribution in [0.15, 0.2) is 41.6 Å². The van der Waals surface area contributed by atoms with Crippen LogP contribution in [0.1, 0.15) is 12.5 Å². The smallest absolute Gasteiger partial charge is 0.242 e. The minimum atomic E-state index is -3.86. The van der Waals surface area contributed by atoms with Crippen molar-refractivity contribution in [1.29, 1.82) is 0 Å². The average Bonchev–Trinajstić information content (AvgIpc) is 2.50. The molecular formula is C15H16ClFN2O3S. The van der Waals surface area contributed by atoms with Crippen molar-refractivity contribution >= 4 is 21.6 Å². The van der Waals surface area contributed by atoms with E-state index in [0.717, 1.165) is 6.07 Å². The molecule has 8 heteroatoms. The van der Waals surface area contributed by atoms with Gasteiger partial charge in [-0.25, -0.2) is 17.5 Å². The maximum atomic E-state index is 13.4. The van der Waals surface area contributed by atoms with Crippen LogP contribution in [0.2, 0.25) is 5.02 Å². The number of halogens is 2. The minimum Gasteiger partial charge on any atom is -0.488 e. The van der Waals surface area contributed by atoms with Gasteiger partial charge in [0.25, 0.3) is 0 Å². The van der Waals surface area contributed by atoms with E-state index in [9.17, 15) is 12.8 Å². The normalized spacial score (nSPS) is 12.9. The van der Waals surface area contributed by atoms with E-state index in [0.29, 0.717) is 5.75 Å². The van der Waals surface area contributed by atoms with Gasteiger partial charge in [0.2, 0.25) is 10.0 Å². The largest absolute Gasteiger partial charge is 0.488 e. The number of aromatic nitrogens is 1. The van der Waals surface area contributed by atoms with Gasteiger partial charge in [0.15, 0.2) is 0 Å². The van der Waals surface area contributed by atoms with E-state index in [4.69, 9.17) is 16.3 Å². The van der Waals surface area contributed by atoms with Gasteiger partial charge >= 0.3 is 0 Å². The first kappa shape index (κ1) is 17.7. The number of nitrogens with zero attached hydrogens (tertiary/aromatic N) is 1. The molecule has 2 aromatic rings. The molecule has 1 aromatic heterocycles. The van der Waals surface area contributed by atoms with Gasteiger partial charge in [-0.1, -0.05) is 11.6 Å².